The molecule has 19 heavy (non-hydrogen) atoms. The zero-order valence-electron chi connectivity index (χ0n) is 12.3. The molecular weight excluding hydrogens is 242 g/mol. The Morgan fingerprint density at radius 3 is 2.68 bits per heavy atom. The number of rotatable bonds is 2. The van der Waals surface area contributed by atoms with E-state index in [2.05, 4.69) is 16.0 Å². The van der Waals surface area contributed by atoms with Crippen LogP contribution in [-0.4, -0.2) is 43.4 Å². The highest BCUT2D eigenvalue weighted by molar-refractivity contribution is 5.68. The molecule has 0 spiro atoms. The molecule has 2 aliphatic heterocycles. The number of alkyl carbamates (subject to hydrolysis) is 1. The molecular formula is C14H27N3O2. The zero-order chi connectivity index (χ0) is 13.9. The van der Waals surface area contributed by atoms with Gasteiger partial charge in [0.1, 0.15) is 5.60 Å². The number of ether oxygens (including phenoxy) is 1. The van der Waals surface area contributed by atoms with Crippen LogP contribution >= 0.6 is 0 Å². The van der Waals surface area contributed by atoms with Crippen LogP contribution in [0.1, 0.15) is 40.0 Å². The van der Waals surface area contributed by atoms with Gasteiger partial charge in [0.2, 0.25) is 0 Å². The first-order chi connectivity index (χ1) is 8.96. The Balaban J connectivity index is 1.86. The SMILES string of the molecule is CC(C)(C)OC(=O)N[C@@H]1CCN[C@H]1C1CCCNC1. The lowest BCUT2D eigenvalue weighted by Gasteiger charge is -2.32. The van der Waals surface area contributed by atoms with Gasteiger partial charge in [0.15, 0.2) is 0 Å². The fourth-order valence-electron chi connectivity index (χ4n) is 3.03. The van der Waals surface area contributed by atoms with Crippen LogP contribution in [0.15, 0.2) is 0 Å². The van der Waals surface area contributed by atoms with Gasteiger partial charge in [0.05, 0.1) is 0 Å². The summed E-state index contributed by atoms with van der Waals surface area (Å²) in [5.41, 5.74) is -0.433. The Morgan fingerprint density at radius 2 is 2.05 bits per heavy atom. The minimum atomic E-state index is -0.433. The first kappa shape index (κ1) is 14.6. The summed E-state index contributed by atoms with van der Waals surface area (Å²) in [5, 5.41) is 10.0. The van der Waals surface area contributed by atoms with E-state index < -0.39 is 5.60 Å². The van der Waals surface area contributed by atoms with E-state index in [1.54, 1.807) is 0 Å². The summed E-state index contributed by atoms with van der Waals surface area (Å²) in [5.74, 6) is 0.608. The standard InChI is InChI=1S/C14H27N3O2/c1-14(2,3)19-13(18)17-11-6-8-16-12(11)10-5-4-7-15-9-10/h10-12,15-16H,4-9H2,1-3H3,(H,17,18)/t10?,11-,12+/m1/s1. The van der Waals surface area contributed by atoms with Gasteiger partial charge >= 0.3 is 6.09 Å². The number of nitrogens with one attached hydrogen (secondary N) is 3. The Kier molecular flexibility index (Phi) is 4.68. The number of hydrogen-bond acceptors (Lipinski definition) is 4. The third-order valence-electron chi connectivity index (χ3n) is 3.81. The lowest BCUT2D eigenvalue weighted by molar-refractivity contribution is 0.0492. The van der Waals surface area contributed by atoms with Crippen molar-refractivity contribution in [2.24, 2.45) is 5.92 Å². The summed E-state index contributed by atoms with van der Waals surface area (Å²) in [6, 6.07) is 0.570. The molecule has 110 valence electrons. The van der Waals surface area contributed by atoms with Crippen molar-refractivity contribution in [2.75, 3.05) is 19.6 Å². The van der Waals surface area contributed by atoms with E-state index in [0.29, 0.717) is 12.0 Å². The van der Waals surface area contributed by atoms with Crippen LogP contribution in [0.5, 0.6) is 0 Å². The molecule has 1 unspecified atom stereocenters. The maximum Gasteiger partial charge on any atom is 0.407 e. The van der Waals surface area contributed by atoms with Crippen LogP contribution in [0, 0.1) is 5.92 Å². The molecule has 1 amide bonds. The summed E-state index contributed by atoms with van der Waals surface area (Å²) < 4.78 is 5.34. The van der Waals surface area contributed by atoms with E-state index in [4.69, 9.17) is 4.74 Å². The highest BCUT2D eigenvalue weighted by Gasteiger charge is 2.35. The van der Waals surface area contributed by atoms with Crippen LogP contribution in [-0.2, 0) is 4.74 Å². The van der Waals surface area contributed by atoms with Crippen molar-refractivity contribution in [2.45, 2.75) is 57.7 Å². The fraction of sp³-hybridized carbons (Fsp3) is 0.929. The number of piperidine rings is 1. The van der Waals surface area contributed by atoms with Crippen molar-refractivity contribution in [3.63, 3.8) is 0 Å². The maximum absolute atomic E-state index is 11.9. The summed E-state index contributed by atoms with van der Waals surface area (Å²) in [6.45, 7) is 8.81. The average Bonchev–Trinajstić information content (AvgIpc) is 2.75. The first-order valence-electron chi connectivity index (χ1n) is 7.39. The van der Waals surface area contributed by atoms with Gasteiger partial charge in [-0.2, -0.15) is 0 Å². The van der Waals surface area contributed by atoms with Crippen molar-refractivity contribution >= 4 is 6.09 Å². The van der Waals surface area contributed by atoms with Gasteiger partial charge in [0.25, 0.3) is 0 Å². The second-order valence-electron chi connectivity index (χ2n) is 6.63. The van der Waals surface area contributed by atoms with Gasteiger partial charge in [-0.15, -0.1) is 0 Å². The molecule has 0 aliphatic carbocycles. The highest BCUT2D eigenvalue weighted by Crippen LogP contribution is 2.22. The van der Waals surface area contributed by atoms with Gasteiger partial charge in [-0.3, -0.25) is 0 Å². The van der Waals surface area contributed by atoms with Crippen LogP contribution < -0.4 is 16.0 Å². The largest absolute Gasteiger partial charge is 0.444 e. The molecule has 0 saturated carbocycles. The van der Waals surface area contributed by atoms with Gasteiger partial charge in [-0.1, -0.05) is 0 Å². The lowest BCUT2D eigenvalue weighted by atomic mass is 9.88. The molecule has 5 heteroatoms. The first-order valence-corrected chi connectivity index (χ1v) is 7.39. The van der Waals surface area contributed by atoms with Gasteiger partial charge in [-0.25, -0.2) is 4.79 Å². The van der Waals surface area contributed by atoms with Crippen molar-refractivity contribution in [3.8, 4) is 0 Å². The van der Waals surface area contributed by atoms with Gasteiger partial charge in [0, 0.05) is 12.1 Å². The lowest BCUT2D eigenvalue weighted by Crippen LogP contribution is -2.51. The molecule has 0 radical (unpaired) electrons. The van der Waals surface area contributed by atoms with E-state index in [0.717, 1.165) is 26.1 Å². The quantitative estimate of drug-likeness (QED) is 0.706. The topological polar surface area (TPSA) is 62.4 Å². The molecule has 2 aliphatic rings. The third kappa shape index (κ3) is 4.35. The van der Waals surface area contributed by atoms with E-state index in [9.17, 15) is 4.79 Å². The van der Waals surface area contributed by atoms with Crippen LogP contribution in [0.3, 0.4) is 0 Å². The molecule has 2 fully saturated rings. The smallest absolute Gasteiger partial charge is 0.407 e. The molecule has 2 heterocycles. The molecule has 2 saturated heterocycles. The van der Waals surface area contributed by atoms with Crippen molar-refractivity contribution in [1.82, 2.24) is 16.0 Å². The number of amides is 1. The number of carbonyl (C=O) groups is 1. The Bertz CT molecular complexity index is 308. The van der Waals surface area contributed by atoms with E-state index in [1.165, 1.54) is 12.8 Å². The molecule has 0 aromatic carbocycles. The molecule has 2 rings (SSSR count). The summed E-state index contributed by atoms with van der Waals surface area (Å²) in [4.78, 5) is 11.9. The molecule has 5 nitrogen and oxygen atoms in total. The second kappa shape index (κ2) is 6.09. The number of hydrogen-bond donors (Lipinski definition) is 3. The predicted molar refractivity (Wildman–Crippen MR) is 75.2 cm³/mol. The van der Waals surface area contributed by atoms with Crippen LogP contribution in [0.4, 0.5) is 4.79 Å². The van der Waals surface area contributed by atoms with E-state index in [1.807, 2.05) is 20.8 Å². The Labute approximate surface area is 115 Å². The summed E-state index contributed by atoms with van der Waals surface area (Å²) >= 11 is 0. The minimum Gasteiger partial charge on any atom is -0.444 e. The third-order valence-corrected chi connectivity index (χ3v) is 3.81. The average molecular weight is 269 g/mol. The molecule has 0 aromatic rings. The highest BCUT2D eigenvalue weighted by atomic mass is 16.6. The van der Waals surface area contributed by atoms with Crippen LogP contribution in [0.25, 0.3) is 0 Å². The molecule has 3 N–H and O–H groups in total. The summed E-state index contributed by atoms with van der Waals surface area (Å²) in [6.07, 6.45) is 3.15. The van der Waals surface area contributed by atoms with Crippen molar-refractivity contribution in [1.29, 1.82) is 0 Å². The predicted octanol–water partition coefficient (Wildman–Crippen LogP) is 1.24. The maximum atomic E-state index is 11.9. The van der Waals surface area contributed by atoms with E-state index in [-0.39, 0.29) is 12.1 Å². The van der Waals surface area contributed by atoms with Gasteiger partial charge in [-0.05, 0) is 65.6 Å². The van der Waals surface area contributed by atoms with Gasteiger partial charge < -0.3 is 20.7 Å². The minimum absolute atomic E-state index is 0.194. The Morgan fingerprint density at radius 1 is 1.26 bits per heavy atom. The monoisotopic (exact) mass is 269 g/mol. The fourth-order valence-corrected chi connectivity index (χ4v) is 3.03. The summed E-state index contributed by atoms with van der Waals surface area (Å²) in [7, 11) is 0. The van der Waals surface area contributed by atoms with E-state index >= 15 is 0 Å². The normalized spacial score (nSPS) is 32.1. The van der Waals surface area contributed by atoms with Crippen molar-refractivity contribution in [3.05, 3.63) is 0 Å². The zero-order valence-corrected chi connectivity index (χ0v) is 12.3. The second-order valence-corrected chi connectivity index (χ2v) is 6.63. The number of carbonyl (C=O) groups excluding carboxylic acids is 1. The molecule has 3 atom stereocenters. The molecule has 0 bridgehead atoms. The Hall–Kier alpha value is -0.810. The molecule has 0 aromatic heterocycles. The van der Waals surface area contributed by atoms with Crippen LogP contribution in [0.2, 0.25) is 0 Å². The van der Waals surface area contributed by atoms with Crippen molar-refractivity contribution < 1.29 is 9.53 Å².